The third-order valence-electron chi connectivity index (χ3n) is 3.63. The van der Waals surface area contributed by atoms with Gasteiger partial charge in [-0.15, -0.1) is 11.3 Å². The molecular formula is C15H14FNO2S. The second-order valence-electron chi connectivity index (χ2n) is 5.03. The van der Waals surface area contributed by atoms with E-state index in [9.17, 15) is 14.3 Å². The Morgan fingerprint density at radius 2 is 2.10 bits per heavy atom. The Morgan fingerprint density at radius 3 is 2.80 bits per heavy atom. The first-order valence-electron chi connectivity index (χ1n) is 6.65. The molecule has 3 nitrogen and oxygen atoms in total. The zero-order valence-electron chi connectivity index (χ0n) is 10.8. The molecule has 3 rings (SSSR count). The topological polar surface area (TPSA) is 50.2 Å². The summed E-state index contributed by atoms with van der Waals surface area (Å²) in [6, 6.07) is 6.00. The van der Waals surface area contributed by atoms with E-state index in [1.807, 2.05) is 0 Å². The van der Waals surface area contributed by atoms with Crippen molar-refractivity contribution in [1.82, 2.24) is 4.98 Å². The van der Waals surface area contributed by atoms with E-state index >= 15 is 0 Å². The second kappa shape index (κ2) is 5.32. The number of benzene rings is 1. The van der Waals surface area contributed by atoms with Gasteiger partial charge in [0.05, 0.1) is 0 Å². The monoisotopic (exact) mass is 291 g/mol. The van der Waals surface area contributed by atoms with Crippen LogP contribution in [0.2, 0.25) is 0 Å². The van der Waals surface area contributed by atoms with Gasteiger partial charge in [0.2, 0.25) is 5.88 Å². The van der Waals surface area contributed by atoms with Crippen molar-refractivity contribution in [3.63, 3.8) is 0 Å². The lowest BCUT2D eigenvalue weighted by atomic mass is 10.0. The van der Waals surface area contributed by atoms with Crippen molar-refractivity contribution < 1.29 is 14.3 Å². The predicted octanol–water partition coefficient (Wildman–Crippen LogP) is 4.03. The number of hydrogen-bond donors (Lipinski definition) is 1. The van der Waals surface area contributed by atoms with Crippen LogP contribution in [0, 0.1) is 11.7 Å². The normalized spacial score (nSPS) is 15.7. The van der Waals surface area contributed by atoms with Crippen LogP contribution in [-0.4, -0.2) is 15.9 Å². The van der Waals surface area contributed by atoms with Crippen LogP contribution in [0.25, 0.3) is 10.6 Å². The number of rotatable bonds is 3. The largest absolute Gasteiger partial charge is 0.492 e. The molecule has 0 saturated heterocycles. The number of aromatic nitrogens is 1. The van der Waals surface area contributed by atoms with Gasteiger partial charge >= 0.3 is 0 Å². The zero-order chi connectivity index (χ0) is 14.1. The Bertz CT molecular complexity index is 647. The van der Waals surface area contributed by atoms with E-state index < -0.39 is 0 Å². The number of thiazole rings is 1. The molecular weight excluding hydrogens is 277 g/mol. The number of carbonyl (C=O) groups excluding carboxylic acids is 1. The smallest absolute Gasteiger partial charge is 0.233 e. The van der Waals surface area contributed by atoms with Crippen molar-refractivity contribution in [2.75, 3.05) is 0 Å². The average molecular weight is 291 g/mol. The predicted molar refractivity (Wildman–Crippen MR) is 75.5 cm³/mol. The maximum atomic E-state index is 13.2. The maximum Gasteiger partial charge on any atom is 0.233 e. The van der Waals surface area contributed by atoms with Gasteiger partial charge in [-0.2, -0.15) is 0 Å². The Labute approximate surface area is 120 Å². The minimum atomic E-state index is -0.360. The van der Waals surface area contributed by atoms with Gasteiger partial charge in [0, 0.05) is 11.5 Å². The summed E-state index contributed by atoms with van der Waals surface area (Å²) >= 11 is 1.14. The van der Waals surface area contributed by atoms with Crippen LogP contribution in [0.5, 0.6) is 5.88 Å². The Balaban J connectivity index is 1.92. The van der Waals surface area contributed by atoms with Gasteiger partial charge < -0.3 is 5.11 Å². The fraction of sp³-hybridized carbons (Fsp3) is 0.333. The zero-order valence-corrected chi connectivity index (χ0v) is 11.6. The Kier molecular flexibility index (Phi) is 3.53. The molecule has 1 N–H and O–H groups in total. The molecule has 0 aliphatic heterocycles. The van der Waals surface area contributed by atoms with Gasteiger partial charge in [-0.05, 0) is 25.0 Å². The van der Waals surface area contributed by atoms with Crippen LogP contribution < -0.4 is 0 Å². The van der Waals surface area contributed by atoms with Crippen molar-refractivity contribution in [3.05, 3.63) is 35.0 Å². The summed E-state index contributed by atoms with van der Waals surface area (Å²) in [5, 5.41) is 10.4. The lowest BCUT2D eigenvalue weighted by Gasteiger charge is -2.04. The van der Waals surface area contributed by atoms with Crippen LogP contribution in [0.4, 0.5) is 4.39 Å². The summed E-state index contributed by atoms with van der Waals surface area (Å²) < 4.78 is 13.2. The minimum Gasteiger partial charge on any atom is -0.492 e. The molecule has 5 heteroatoms. The van der Waals surface area contributed by atoms with Crippen molar-refractivity contribution in [1.29, 1.82) is 0 Å². The van der Waals surface area contributed by atoms with Gasteiger partial charge in [0.25, 0.3) is 0 Å². The molecule has 1 aromatic carbocycles. The lowest BCUT2D eigenvalue weighted by molar-refractivity contribution is 0.0924. The first-order valence-corrected chi connectivity index (χ1v) is 7.47. The lowest BCUT2D eigenvalue weighted by Crippen LogP contribution is -2.09. The highest BCUT2D eigenvalue weighted by Gasteiger charge is 2.28. The fourth-order valence-electron chi connectivity index (χ4n) is 2.59. The van der Waals surface area contributed by atoms with Gasteiger partial charge in [-0.3, -0.25) is 4.79 Å². The molecule has 1 aliphatic rings. The maximum absolute atomic E-state index is 13.2. The highest BCUT2D eigenvalue weighted by Crippen LogP contribution is 2.36. The molecule has 0 radical (unpaired) electrons. The van der Waals surface area contributed by atoms with E-state index in [2.05, 4.69) is 4.98 Å². The summed E-state index contributed by atoms with van der Waals surface area (Å²) in [5.41, 5.74) is 0.579. The van der Waals surface area contributed by atoms with Crippen molar-refractivity contribution in [2.24, 2.45) is 5.92 Å². The molecule has 2 aromatic rings. The van der Waals surface area contributed by atoms with Crippen LogP contribution >= 0.6 is 11.3 Å². The number of ketones is 1. The number of nitrogens with zero attached hydrogens (tertiary/aromatic N) is 1. The summed E-state index contributed by atoms with van der Waals surface area (Å²) in [5.74, 6) is -0.617. The van der Waals surface area contributed by atoms with Crippen LogP contribution in [0.3, 0.4) is 0 Å². The van der Waals surface area contributed by atoms with E-state index in [0.29, 0.717) is 15.4 Å². The highest BCUT2D eigenvalue weighted by atomic mass is 32.1. The number of halogens is 1. The van der Waals surface area contributed by atoms with Crippen LogP contribution in [0.1, 0.15) is 35.4 Å². The summed E-state index contributed by atoms with van der Waals surface area (Å²) in [4.78, 5) is 16.6. The third kappa shape index (κ3) is 2.45. The van der Waals surface area contributed by atoms with Gasteiger partial charge in [0.1, 0.15) is 15.7 Å². The summed E-state index contributed by atoms with van der Waals surface area (Å²) in [6.07, 6.45) is 3.89. The Hall–Kier alpha value is -1.75. The molecule has 20 heavy (non-hydrogen) atoms. The van der Waals surface area contributed by atoms with Gasteiger partial charge in [-0.1, -0.05) is 25.0 Å². The van der Waals surface area contributed by atoms with Gasteiger partial charge in [0.15, 0.2) is 5.78 Å². The standard InChI is InChI=1S/C15H14FNO2S/c16-11-7-3-6-10(8-11)15-17-14(19)13(20-15)12(18)9-4-1-2-5-9/h3,6-9,19H,1-2,4-5H2. The van der Waals surface area contributed by atoms with E-state index in [1.54, 1.807) is 12.1 Å². The number of Topliss-reactive ketones (excluding diaryl/α,β-unsaturated/α-hetero) is 1. The molecule has 0 spiro atoms. The number of carbonyl (C=O) groups is 1. The molecule has 1 aromatic heterocycles. The summed E-state index contributed by atoms with van der Waals surface area (Å²) in [6.45, 7) is 0. The average Bonchev–Trinajstić information content (AvgIpc) is 3.07. The Morgan fingerprint density at radius 1 is 1.35 bits per heavy atom. The first-order chi connectivity index (χ1) is 9.65. The molecule has 0 bridgehead atoms. The third-order valence-corrected chi connectivity index (χ3v) is 4.74. The number of hydrogen-bond acceptors (Lipinski definition) is 4. The molecule has 0 amide bonds. The minimum absolute atomic E-state index is 0.00158. The molecule has 1 fully saturated rings. The van der Waals surface area contributed by atoms with Crippen LogP contribution in [-0.2, 0) is 0 Å². The summed E-state index contributed by atoms with van der Waals surface area (Å²) in [7, 11) is 0. The van der Waals surface area contributed by atoms with Crippen LogP contribution in [0.15, 0.2) is 24.3 Å². The molecule has 1 heterocycles. The molecule has 1 saturated carbocycles. The second-order valence-corrected chi connectivity index (χ2v) is 6.03. The van der Waals surface area contributed by atoms with E-state index in [4.69, 9.17) is 0 Å². The molecule has 0 unspecified atom stereocenters. The van der Waals surface area contributed by atoms with E-state index in [1.165, 1.54) is 12.1 Å². The SMILES string of the molecule is O=C(c1sc(-c2cccc(F)c2)nc1O)C1CCCC1. The van der Waals surface area contributed by atoms with E-state index in [0.717, 1.165) is 37.0 Å². The van der Waals surface area contributed by atoms with Crippen molar-refractivity contribution in [3.8, 4) is 16.5 Å². The molecule has 104 valence electrons. The number of aromatic hydroxyl groups is 1. The first kappa shape index (κ1) is 13.2. The fourth-order valence-corrected chi connectivity index (χ4v) is 3.57. The highest BCUT2D eigenvalue weighted by molar-refractivity contribution is 7.17. The quantitative estimate of drug-likeness (QED) is 0.869. The van der Waals surface area contributed by atoms with Crippen molar-refractivity contribution in [2.45, 2.75) is 25.7 Å². The molecule has 0 atom stereocenters. The van der Waals surface area contributed by atoms with Crippen molar-refractivity contribution >= 4 is 17.1 Å². The molecule has 1 aliphatic carbocycles. The van der Waals surface area contributed by atoms with Gasteiger partial charge in [-0.25, -0.2) is 9.37 Å². The van der Waals surface area contributed by atoms with E-state index in [-0.39, 0.29) is 23.4 Å².